The minimum atomic E-state index is -0.220. The van der Waals surface area contributed by atoms with E-state index in [2.05, 4.69) is 10.6 Å². The number of aliphatic hydroxyl groups excluding tert-OH is 1. The molecule has 0 aromatic rings. The third-order valence-corrected chi connectivity index (χ3v) is 2.90. The van der Waals surface area contributed by atoms with Gasteiger partial charge in [-0.2, -0.15) is 0 Å². The van der Waals surface area contributed by atoms with Crippen molar-refractivity contribution in [1.29, 1.82) is 0 Å². The van der Waals surface area contributed by atoms with E-state index in [1.54, 1.807) is 0 Å². The normalized spacial score (nSPS) is 35.7. The Labute approximate surface area is 89.2 Å². The van der Waals surface area contributed by atoms with Crippen molar-refractivity contribution in [3.8, 4) is 0 Å². The molecule has 0 bridgehead atoms. The Hall–Kier alpha value is -0.650. The maximum absolute atomic E-state index is 11.5. The largest absolute Gasteiger partial charge is 0.393 e. The highest BCUT2D eigenvalue weighted by Crippen LogP contribution is 2.19. The number of ether oxygens (including phenoxy) is 1. The van der Waals surface area contributed by atoms with Crippen LogP contribution in [0.4, 0.5) is 0 Å². The molecule has 5 nitrogen and oxygen atoms in total. The first-order valence-electron chi connectivity index (χ1n) is 5.54. The van der Waals surface area contributed by atoms with E-state index < -0.39 is 0 Å². The second-order valence-electron chi connectivity index (χ2n) is 4.29. The van der Waals surface area contributed by atoms with E-state index in [0.29, 0.717) is 25.9 Å². The molecule has 0 aromatic heterocycles. The van der Waals surface area contributed by atoms with Gasteiger partial charge in [0, 0.05) is 19.1 Å². The SMILES string of the molecule is O=C(CC1CNCCO1)NC1CC(O)C1. The molecular weight excluding hydrogens is 196 g/mol. The third-order valence-electron chi connectivity index (χ3n) is 2.90. The zero-order valence-electron chi connectivity index (χ0n) is 8.74. The number of rotatable bonds is 3. The zero-order chi connectivity index (χ0) is 10.7. The van der Waals surface area contributed by atoms with Gasteiger partial charge >= 0.3 is 0 Å². The smallest absolute Gasteiger partial charge is 0.222 e. The van der Waals surface area contributed by atoms with Crippen LogP contribution < -0.4 is 10.6 Å². The van der Waals surface area contributed by atoms with Crippen molar-refractivity contribution in [3.05, 3.63) is 0 Å². The maximum Gasteiger partial charge on any atom is 0.222 e. The molecule has 2 aliphatic rings. The van der Waals surface area contributed by atoms with Gasteiger partial charge in [0.25, 0.3) is 0 Å². The highest BCUT2D eigenvalue weighted by atomic mass is 16.5. The summed E-state index contributed by atoms with van der Waals surface area (Å²) < 4.78 is 5.43. The number of amides is 1. The lowest BCUT2D eigenvalue weighted by atomic mass is 9.89. The van der Waals surface area contributed by atoms with Gasteiger partial charge in [-0.15, -0.1) is 0 Å². The van der Waals surface area contributed by atoms with Gasteiger partial charge < -0.3 is 20.5 Å². The number of aliphatic hydroxyl groups is 1. The minimum absolute atomic E-state index is 0.00347. The summed E-state index contributed by atoms with van der Waals surface area (Å²) in [7, 11) is 0. The van der Waals surface area contributed by atoms with Crippen molar-refractivity contribution >= 4 is 5.91 Å². The van der Waals surface area contributed by atoms with Gasteiger partial charge in [-0.3, -0.25) is 4.79 Å². The fourth-order valence-electron chi connectivity index (χ4n) is 1.95. The van der Waals surface area contributed by atoms with Gasteiger partial charge in [0.05, 0.1) is 25.2 Å². The molecule has 1 heterocycles. The molecule has 0 spiro atoms. The van der Waals surface area contributed by atoms with Crippen LogP contribution in [0.15, 0.2) is 0 Å². The summed E-state index contributed by atoms with van der Waals surface area (Å²) >= 11 is 0. The number of carbonyl (C=O) groups is 1. The summed E-state index contributed by atoms with van der Waals surface area (Å²) in [5, 5.41) is 15.1. The van der Waals surface area contributed by atoms with Crippen LogP contribution in [0.25, 0.3) is 0 Å². The molecule has 1 atom stereocenters. The van der Waals surface area contributed by atoms with Crippen LogP contribution in [0.2, 0.25) is 0 Å². The predicted octanol–water partition coefficient (Wildman–Crippen LogP) is -0.996. The quantitative estimate of drug-likeness (QED) is 0.564. The standard InChI is InChI=1S/C10H18N2O3/c13-8-3-7(4-8)12-10(14)5-9-6-11-1-2-15-9/h7-9,11,13H,1-6H2,(H,12,14). The summed E-state index contributed by atoms with van der Waals surface area (Å²) in [6.45, 7) is 2.30. The Morgan fingerprint density at radius 2 is 2.33 bits per heavy atom. The number of morpholine rings is 1. The Balaban J connectivity index is 1.63. The van der Waals surface area contributed by atoms with Gasteiger partial charge in [0.2, 0.25) is 5.91 Å². The maximum atomic E-state index is 11.5. The molecule has 2 rings (SSSR count). The Kier molecular flexibility index (Phi) is 3.56. The van der Waals surface area contributed by atoms with Crippen molar-refractivity contribution in [2.24, 2.45) is 0 Å². The first kappa shape index (κ1) is 10.9. The van der Waals surface area contributed by atoms with Crippen molar-refractivity contribution in [2.45, 2.75) is 37.5 Å². The van der Waals surface area contributed by atoms with Crippen LogP contribution in [0, 0.1) is 0 Å². The molecule has 0 aromatic carbocycles. The number of hydrogen-bond acceptors (Lipinski definition) is 4. The van der Waals surface area contributed by atoms with Crippen molar-refractivity contribution in [3.63, 3.8) is 0 Å². The molecule has 15 heavy (non-hydrogen) atoms. The predicted molar refractivity (Wildman–Crippen MR) is 54.4 cm³/mol. The first-order chi connectivity index (χ1) is 7.24. The number of nitrogens with one attached hydrogen (secondary N) is 2. The minimum Gasteiger partial charge on any atom is -0.393 e. The van der Waals surface area contributed by atoms with E-state index in [1.165, 1.54) is 0 Å². The fraction of sp³-hybridized carbons (Fsp3) is 0.900. The van der Waals surface area contributed by atoms with Crippen LogP contribution in [-0.4, -0.2) is 49.0 Å². The summed E-state index contributed by atoms with van der Waals surface area (Å²) in [5.41, 5.74) is 0. The van der Waals surface area contributed by atoms with E-state index in [-0.39, 0.29) is 24.2 Å². The lowest BCUT2D eigenvalue weighted by Crippen LogP contribution is -2.48. The van der Waals surface area contributed by atoms with Crippen LogP contribution in [0.5, 0.6) is 0 Å². The summed E-state index contributed by atoms with van der Waals surface area (Å²) in [6, 6.07) is 0.170. The number of carbonyl (C=O) groups excluding carboxylic acids is 1. The molecule has 86 valence electrons. The lowest BCUT2D eigenvalue weighted by molar-refractivity contribution is -0.126. The average molecular weight is 214 g/mol. The van der Waals surface area contributed by atoms with Crippen LogP contribution in [0.3, 0.4) is 0 Å². The van der Waals surface area contributed by atoms with E-state index in [9.17, 15) is 4.79 Å². The van der Waals surface area contributed by atoms with Crippen molar-refractivity contribution in [1.82, 2.24) is 10.6 Å². The van der Waals surface area contributed by atoms with E-state index in [0.717, 1.165) is 13.1 Å². The van der Waals surface area contributed by atoms with Gasteiger partial charge in [0.15, 0.2) is 0 Å². The Morgan fingerprint density at radius 3 is 2.93 bits per heavy atom. The monoisotopic (exact) mass is 214 g/mol. The van der Waals surface area contributed by atoms with Gasteiger partial charge in [-0.1, -0.05) is 0 Å². The van der Waals surface area contributed by atoms with Crippen molar-refractivity contribution in [2.75, 3.05) is 19.7 Å². The summed E-state index contributed by atoms with van der Waals surface area (Å²) in [5.74, 6) is 0.0283. The van der Waals surface area contributed by atoms with Crippen molar-refractivity contribution < 1.29 is 14.6 Å². The Bertz CT molecular complexity index is 223. The molecule has 0 radical (unpaired) electrons. The van der Waals surface area contributed by atoms with Gasteiger partial charge in [-0.25, -0.2) is 0 Å². The number of hydrogen-bond donors (Lipinski definition) is 3. The second-order valence-corrected chi connectivity index (χ2v) is 4.29. The molecule has 3 N–H and O–H groups in total. The summed E-state index contributed by atoms with van der Waals surface area (Å²) in [6.07, 6.45) is 1.58. The fourth-order valence-corrected chi connectivity index (χ4v) is 1.95. The molecule has 1 saturated carbocycles. The van der Waals surface area contributed by atoms with E-state index >= 15 is 0 Å². The molecular formula is C10H18N2O3. The first-order valence-corrected chi connectivity index (χ1v) is 5.54. The molecule has 1 aliphatic carbocycles. The topological polar surface area (TPSA) is 70.6 Å². The van der Waals surface area contributed by atoms with Crippen LogP contribution >= 0.6 is 0 Å². The van der Waals surface area contributed by atoms with Gasteiger partial charge in [-0.05, 0) is 12.8 Å². The highest BCUT2D eigenvalue weighted by molar-refractivity contribution is 5.76. The second kappa shape index (κ2) is 4.92. The molecule has 1 amide bonds. The molecule has 1 aliphatic heterocycles. The molecule has 1 unspecified atom stereocenters. The average Bonchev–Trinajstić information content (AvgIpc) is 2.17. The molecule has 1 saturated heterocycles. The Morgan fingerprint density at radius 1 is 1.53 bits per heavy atom. The molecule has 5 heteroatoms. The van der Waals surface area contributed by atoms with Crippen LogP contribution in [0.1, 0.15) is 19.3 Å². The highest BCUT2D eigenvalue weighted by Gasteiger charge is 2.29. The van der Waals surface area contributed by atoms with E-state index in [1.807, 2.05) is 0 Å². The molecule has 2 fully saturated rings. The van der Waals surface area contributed by atoms with Gasteiger partial charge in [0.1, 0.15) is 0 Å². The zero-order valence-corrected chi connectivity index (χ0v) is 8.74. The lowest BCUT2D eigenvalue weighted by Gasteiger charge is -2.32. The van der Waals surface area contributed by atoms with E-state index in [4.69, 9.17) is 9.84 Å². The summed E-state index contributed by atoms with van der Waals surface area (Å²) in [4.78, 5) is 11.5. The van der Waals surface area contributed by atoms with Crippen LogP contribution in [-0.2, 0) is 9.53 Å². The third kappa shape index (κ3) is 3.15.